The highest BCUT2D eigenvalue weighted by Crippen LogP contribution is 2.06. The summed E-state index contributed by atoms with van der Waals surface area (Å²) in [5, 5.41) is 0. The summed E-state index contributed by atoms with van der Waals surface area (Å²) in [4.78, 5) is 11.4. The van der Waals surface area contributed by atoms with E-state index in [1.54, 1.807) is 6.08 Å². The van der Waals surface area contributed by atoms with Gasteiger partial charge in [-0.1, -0.05) is 51.7 Å². The van der Waals surface area contributed by atoms with Crippen LogP contribution in [0.2, 0.25) is 0 Å². The number of carbonyl (C=O) groups is 1. The number of unbranched alkanes of at least 4 members (excludes halogenated alkanes) is 6. The molecule has 0 heterocycles. The Balaban J connectivity index is 3.88. The van der Waals surface area contributed by atoms with Crippen LogP contribution in [-0.4, -0.2) is 36.5 Å². The average Bonchev–Trinajstić information content (AvgIpc) is 2.46. The van der Waals surface area contributed by atoms with Gasteiger partial charge in [0.15, 0.2) is 13.1 Å². The van der Waals surface area contributed by atoms with Crippen LogP contribution in [0.1, 0.15) is 58.8 Å². The van der Waals surface area contributed by atoms with Gasteiger partial charge in [0.2, 0.25) is 6.21 Å². The van der Waals surface area contributed by atoms with Crippen LogP contribution < -0.4 is 0 Å². The normalized spacial score (nSPS) is 11.8. The quantitative estimate of drug-likeness (QED) is 0.168. The maximum Gasteiger partial charge on any atom is 0.395 e. The molecule has 120 valence electrons. The van der Waals surface area contributed by atoms with Crippen LogP contribution in [0.5, 0.6) is 0 Å². The third-order valence-electron chi connectivity index (χ3n) is 3.17. The first-order chi connectivity index (χ1) is 10.2. The number of esters is 1. The van der Waals surface area contributed by atoms with Crippen LogP contribution in [-0.2, 0) is 9.53 Å². The van der Waals surface area contributed by atoms with Gasteiger partial charge in [-0.15, -0.1) is 0 Å². The van der Waals surface area contributed by atoms with E-state index in [1.165, 1.54) is 44.7 Å². The van der Waals surface area contributed by atoms with Crippen molar-refractivity contribution in [2.75, 3.05) is 19.7 Å². The summed E-state index contributed by atoms with van der Waals surface area (Å²) in [6.07, 6.45) is 16.7. The minimum absolute atomic E-state index is 0.288. The van der Waals surface area contributed by atoms with Gasteiger partial charge in [-0.05, 0) is 31.9 Å². The van der Waals surface area contributed by atoms with Gasteiger partial charge >= 0.3 is 5.97 Å². The van der Waals surface area contributed by atoms with E-state index >= 15 is 0 Å². The standard InChI is InChI=1S/C18H32NO2/c1-4-7-8-9-10-11-12-13-14-16-19(15-5-2)17-18(20)21-6-3/h5,13-14,17H,2,4,6-12,15-16H2,1,3H3/q+1. The number of carbonyl (C=O) groups excluding carboxylic acids is 1. The molecular weight excluding hydrogens is 262 g/mol. The van der Waals surface area contributed by atoms with Gasteiger partial charge in [0.25, 0.3) is 0 Å². The van der Waals surface area contributed by atoms with Gasteiger partial charge < -0.3 is 4.74 Å². The second kappa shape index (κ2) is 15.0. The first-order valence-electron chi connectivity index (χ1n) is 8.26. The Morgan fingerprint density at radius 3 is 2.43 bits per heavy atom. The molecule has 0 saturated carbocycles. The molecule has 3 nitrogen and oxygen atoms in total. The maximum absolute atomic E-state index is 11.4. The highest BCUT2D eigenvalue weighted by Gasteiger charge is 2.05. The molecule has 0 unspecified atom stereocenters. The number of hydrogen-bond acceptors (Lipinski definition) is 2. The molecule has 0 amide bonds. The molecule has 0 aliphatic rings. The van der Waals surface area contributed by atoms with Gasteiger partial charge in [0.1, 0.15) is 0 Å². The van der Waals surface area contributed by atoms with E-state index in [2.05, 4.69) is 25.7 Å². The summed E-state index contributed by atoms with van der Waals surface area (Å²) in [7, 11) is 0. The van der Waals surface area contributed by atoms with Crippen molar-refractivity contribution in [2.45, 2.75) is 58.8 Å². The second-order valence-corrected chi connectivity index (χ2v) is 5.15. The van der Waals surface area contributed by atoms with Gasteiger partial charge in [-0.2, -0.15) is 0 Å². The molecule has 0 N–H and O–H groups in total. The fourth-order valence-electron chi connectivity index (χ4n) is 2.04. The van der Waals surface area contributed by atoms with Crippen molar-refractivity contribution in [1.29, 1.82) is 0 Å². The van der Waals surface area contributed by atoms with Crippen LogP contribution >= 0.6 is 0 Å². The Kier molecular flexibility index (Phi) is 14.0. The van der Waals surface area contributed by atoms with Crippen LogP contribution in [0.3, 0.4) is 0 Å². The summed E-state index contributed by atoms with van der Waals surface area (Å²) < 4.78 is 6.82. The van der Waals surface area contributed by atoms with Crippen LogP contribution in [0.4, 0.5) is 0 Å². The van der Waals surface area contributed by atoms with E-state index in [-0.39, 0.29) is 5.97 Å². The van der Waals surface area contributed by atoms with Crippen molar-refractivity contribution in [3.8, 4) is 0 Å². The lowest BCUT2D eigenvalue weighted by Gasteiger charge is -1.99. The highest BCUT2D eigenvalue weighted by atomic mass is 16.5. The topological polar surface area (TPSA) is 29.3 Å². The molecular formula is C18H32NO2+. The summed E-state index contributed by atoms with van der Waals surface area (Å²) >= 11 is 0. The van der Waals surface area contributed by atoms with Crippen molar-refractivity contribution in [3.05, 3.63) is 24.8 Å². The predicted molar refractivity (Wildman–Crippen MR) is 90.0 cm³/mol. The van der Waals surface area contributed by atoms with Gasteiger partial charge in [-0.25, -0.2) is 9.37 Å². The Hall–Kier alpha value is -1.38. The summed E-state index contributed by atoms with van der Waals surface area (Å²) in [6.45, 7) is 9.54. The molecule has 0 fully saturated rings. The fraction of sp³-hybridized carbons (Fsp3) is 0.667. The third-order valence-corrected chi connectivity index (χ3v) is 3.17. The summed E-state index contributed by atoms with van der Waals surface area (Å²) in [5.74, 6) is -0.288. The van der Waals surface area contributed by atoms with E-state index in [9.17, 15) is 4.79 Å². The second-order valence-electron chi connectivity index (χ2n) is 5.15. The lowest BCUT2D eigenvalue weighted by Crippen LogP contribution is -2.20. The SMILES string of the molecule is C=CC[N+](=CC(=O)OCC)CC=CCCCCCCCC. The summed E-state index contributed by atoms with van der Waals surface area (Å²) in [5.41, 5.74) is 0. The van der Waals surface area contributed by atoms with Crippen molar-refractivity contribution >= 4 is 12.2 Å². The molecule has 21 heavy (non-hydrogen) atoms. The molecule has 0 aliphatic carbocycles. The van der Waals surface area contributed by atoms with Crippen molar-refractivity contribution < 1.29 is 14.1 Å². The third kappa shape index (κ3) is 13.4. The van der Waals surface area contributed by atoms with Crippen LogP contribution in [0, 0.1) is 0 Å². The average molecular weight is 294 g/mol. The maximum atomic E-state index is 11.4. The number of nitrogens with zero attached hydrogens (tertiary/aromatic N) is 1. The first kappa shape index (κ1) is 19.6. The number of hydrogen-bond donors (Lipinski definition) is 0. The van der Waals surface area contributed by atoms with E-state index in [0.717, 1.165) is 13.0 Å². The number of rotatable bonds is 13. The minimum atomic E-state index is -0.288. The molecule has 0 aliphatic heterocycles. The Bertz CT molecular complexity index is 332. The Morgan fingerprint density at radius 2 is 1.76 bits per heavy atom. The molecule has 0 rings (SSSR count). The van der Waals surface area contributed by atoms with Crippen LogP contribution in [0.25, 0.3) is 0 Å². The lowest BCUT2D eigenvalue weighted by atomic mass is 10.1. The molecule has 3 heteroatoms. The van der Waals surface area contributed by atoms with Crippen molar-refractivity contribution in [3.63, 3.8) is 0 Å². The smallest absolute Gasteiger partial charge is 0.395 e. The molecule has 0 aromatic rings. The highest BCUT2D eigenvalue weighted by molar-refractivity contribution is 6.20. The summed E-state index contributed by atoms with van der Waals surface area (Å²) in [6, 6.07) is 0. The van der Waals surface area contributed by atoms with Gasteiger partial charge in [0.05, 0.1) is 6.61 Å². The molecule has 0 bridgehead atoms. The zero-order valence-corrected chi connectivity index (χ0v) is 13.9. The molecule has 0 aromatic heterocycles. The Morgan fingerprint density at radius 1 is 1.05 bits per heavy atom. The zero-order valence-electron chi connectivity index (χ0n) is 13.9. The lowest BCUT2D eigenvalue weighted by molar-refractivity contribution is -0.502. The zero-order chi connectivity index (χ0) is 15.8. The number of ether oxygens (including phenoxy) is 1. The molecule has 0 spiro atoms. The van der Waals surface area contributed by atoms with Crippen LogP contribution in [0.15, 0.2) is 24.8 Å². The molecule has 0 atom stereocenters. The van der Waals surface area contributed by atoms with E-state index in [4.69, 9.17) is 4.74 Å². The predicted octanol–water partition coefficient (Wildman–Crippen LogP) is 4.13. The monoisotopic (exact) mass is 294 g/mol. The van der Waals surface area contributed by atoms with E-state index in [1.807, 2.05) is 11.5 Å². The van der Waals surface area contributed by atoms with Crippen molar-refractivity contribution in [2.24, 2.45) is 0 Å². The Labute approximate surface area is 130 Å². The molecule has 0 radical (unpaired) electrons. The van der Waals surface area contributed by atoms with E-state index < -0.39 is 0 Å². The fourth-order valence-corrected chi connectivity index (χ4v) is 2.04. The minimum Gasteiger partial charge on any atom is -0.459 e. The largest absolute Gasteiger partial charge is 0.459 e. The number of allylic oxidation sites excluding steroid dienone is 1. The molecule has 0 aromatic carbocycles. The van der Waals surface area contributed by atoms with E-state index in [0.29, 0.717) is 13.2 Å². The van der Waals surface area contributed by atoms with Gasteiger partial charge in [-0.3, -0.25) is 0 Å². The molecule has 0 saturated heterocycles. The first-order valence-corrected chi connectivity index (χ1v) is 8.26. The van der Waals surface area contributed by atoms with Gasteiger partial charge in [0, 0.05) is 0 Å². The van der Waals surface area contributed by atoms with Crippen molar-refractivity contribution in [1.82, 2.24) is 0 Å².